The van der Waals surface area contributed by atoms with E-state index in [9.17, 15) is 0 Å². The van der Waals surface area contributed by atoms with Crippen molar-refractivity contribution in [1.82, 2.24) is 10.2 Å². The lowest BCUT2D eigenvalue weighted by atomic mass is 10.0. The molecule has 2 aromatic rings. The Kier molecular flexibility index (Phi) is 3.69. The van der Waals surface area contributed by atoms with Crippen molar-refractivity contribution in [3.63, 3.8) is 0 Å². The summed E-state index contributed by atoms with van der Waals surface area (Å²) in [5.74, 6) is 0.518. The zero-order valence-electron chi connectivity index (χ0n) is 9.83. The van der Waals surface area contributed by atoms with Crippen molar-refractivity contribution in [2.75, 3.05) is 5.73 Å². The van der Waals surface area contributed by atoms with E-state index >= 15 is 0 Å². The Hall–Kier alpha value is -1.48. The summed E-state index contributed by atoms with van der Waals surface area (Å²) < 4.78 is 0. The second-order valence-electron chi connectivity index (χ2n) is 4.05. The summed E-state index contributed by atoms with van der Waals surface area (Å²) in [6.45, 7) is 2.16. The van der Waals surface area contributed by atoms with E-state index in [2.05, 4.69) is 17.1 Å². The van der Waals surface area contributed by atoms with E-state index < -0.39 is 0 Å². The topological polar surface area (TPSA) is 54.7 Å². The highest BCUT2D eigenvalue weighted by atomic mass is 35.5. The predicted molar refractivity (Wildman–Crippen MR) is 72.1 cm³/mol. The quantitative estimate of drug-likeness (QED) is 0.869. The fraction of sp³-hybridized carbons (Fsp3) is 0.308. The van der Waals surface area contributed by atoms with Crippen LogP contribution in [0.3, 0.4) is 0 Å². The van der Waals surface area contributed by atoms with Crippen LogP contribution in [-0.2, 0) is 6.42 Å². The summed E-state index contributed by atoms with van der Waals surface area (Å²) in [4.78, 5) is 0. The third-order valence-electron chi connectivity index (χ3n) is 2.79. The van der Waals surface area contributed by atoms with Gasteiger partial charge in [0.15, 0.2) is 5.82 Å². The molecule has 0 aliphatic carbocycles. The van der Waals surface area contributed by atoms with Gasteiger partial charge in [-0.3, -0.25) is 5.10 Å². The first-order valence-electron chi connectivity index (χ1n) is 5.81. The number of nitrogen functional groups attached to an aromatic ring is 1. The molecule has 1 aromatic carbocycles. The number of anilines is 1. The number of hydrogen-bond donors (Lipinski definition) is 2. The lowest BCUT2D eigenvalue weighted by Gasteiger charge is -2.05. The maximum atomic E-state index is 6.20. The highest BCUT2D eigenvalue weighted by molar-refractivity contribution is 6.33. The number of aryl methyl sites for hydroxylation is 1. The Labute approximate surface area is 106 Å². The van der Waals surface area contributed by atoms with Gasteiger partial charge in [0.1, 0.15) is 0 Å². The number of H-pyrrole nitrogens is 1. The maximum Gasteiger partial charge on any atom is 0.153 e. The molecule has 17 heavy (non-hydrogen) atoms. The third-order valence-corrected chi connectivity index (χ3v) is 3.12. The first-order valence-corrected chi connectivity index (χ1v) is 6.19. The van der Waals surface area contributed by atoms with Crippen molar-refractivity contribution in [2.45, 2.75) is 26.2 Å². The lowest BCUT2D eigenvalue weighted by molar-refractivity contribution is 0.773. The normalized spacial score (nSPS) is 10.7. The van der Waals surface area contributed by atoms with E-state index in [0.717, 1.165) is 36.1 Å². The Morgan fingerprint density at radius 1 is 1.35 bits per heavy atom. The SMILES string of the molecule is CCCCc1[nH]nc(N)c1-c1ccccc1Cl. The number of benzene rings is 1. The number of nitrogens with one attached hydrogen (secondary N) is 1. The number of aromatic amines is 1. The van der Waals surface area contributed by atoms with Gasteiger partial charge >= 0.3 is 0 Å². The van der Waals surface area contributed by atoms with Crippen LogP contribution >= 0.6 is 11.6 Å². The van der Waals surface area contributed by atoms with Crippen LogP contribution in [0.4, 0.5) is 5.82 Å². The molecule has 0 fully saturated rings. The van der Waals surface area contributed by atoms with Gasteiger partial charge in [-0.15, -0.1) is 0 Å². The monoisotopic (exact) mass is 249 g/mol. The van der Waals surface area contributed by atoms with Gasteiger partial charge in [0.05, 0.1) is 0 Å². The summed E-state index contributed by atoms with van der Waals surface area (Å²) in [5.41, 5.74) is 8.88. The Morgan fingerprint density at radius 3 is 2.82 bits per heavy atom. The van der Waals surface area contributed by atoms with Crippen molar-refractivity contribution >= 4 is 17.4 Å². The molecule has 0 aliphatic rings. The molecule has 0 amide bonds. The summed E-state index contributed by atoms with van der Waals surface area (Å²) in [6, 6.07) is 7.71. The molecule has 0 spiro atoms. The van der Waals surface area contributed by atoms with Crippen LogP contribution in [0.1, 0.15) is 25.5 Å². The van der Waals surface area contributed by atoms with Gasteiger partial charge in [0.25, 0.3) is 0 Å². The van der Waals surface area contributed by atoms with Gasteiger partial charge in [0, 0.05) is 21.8 Å². The zero-order valence-corrected chi connectivity index (χ0v) is 10.6. The minimum absolute atomic E-state index is 0.518. The third kappa shape index (κ3) is 2.44. The summed E-state index contributed by atoms with van der Waals surface area (Å²) in [6.07, 6.45) is 3.20. The first kappa shape index (κ1) is 12.0. The molecule has 0 saturated heterocycles. The van der Waals surface area contributed by atoms with Gasteiger partial charge < -0.3 is 5.73 Å². The number of unbranched alkanes of at least 4 members (excludes halogenated alkanes) is 1. The van der Waals surface area contributed by atoms with Gasteiger partial charge in [-0.2, -0.15) is 5.10 Å². The molecule has 0 unspecified atom stereocenters. The minimum Gasteiger partial charge on any atom is -0.382 e. The molecular formula is C13H16ClN3. The van der Waals surface area contributed by atoms with E-state index in [0.29, 0.717) is 10.8 Å². The fourth-order valence-electron chi connectivity index (χ4n) is 1.89. The molecule has 4 heteroatoms. The van der Waals surface area contributed by atoms with Crippen LogP contribution in [0.25, 0.3) is 11.1 Å². The average Bonchev–Trinajstić information content (AvgIpc) is 2.69. The summed E-state index contributed by atoms with van der Waals surface area (Å²) in [5, 5.41) is 7.79. The average molecular weight is 250 g/mol. The molecule has 1 heterocycles. The highest BCUT2D eigenvalue weighted by Crippen LogP contribution is 2.33. The second-order valence-corrected chi connectivity index (χ2v) is 4.45. The number of nitrogens with zero attached hydrogens (tertiary/aromatic N) is 1. The maximum absolute atomic E-state index is 6.20. The number of halogens is 1. The smallest absolute Gasteiger partial charge is 0.153 e. The Bertz CT molecular complexity index is 505. The molecule has 0 bridgehead atoms. The van der Waals surface area contributed by atoms with Crippen LogP contribution in [0.5, 0.6) is 0 Å². The van der Waals surface area contributed by atoms with Crippen LogP contribution < -0.4 is 5.73 Å². The lowest BCUT2D eigenvalue weighted by Crippen LogP contribution is -1.92. The van der Waals surface area contributed by atoms with Gasteiger partial charge in [-0.1, -0.05) is 43.1 Å². The predicted octanol–water partition coefficient (Wildman–Crippen LogP) is 3.65. The Balaban J connectivity index is 2.44. The van der Waals surface area contributed by atoms with Crippen LogP contribution in [0, 0.1) is 0 Å². The summed E-state index contributed by atoms with van der Waals surface area (Å²) in [7, 11) is 0. The molecule has 0 aliphatic heterocycles. The molecule has 3 nitrogen and oxygen atoms in total. The molecule has 90 valence electrons. The standard InChI is InChI=1S/C13H16ClN3/c1-2-3-8-11-12(13(15)17-16-11)9-6-4-5-7-10(9)14/h4-7H,2-3,8H2,1H3,(H3,15,16,17). The Morgan fingerprint density at radius 2 is 2.12 bits per heavy atom. The van der Waals surface area contributed by atoms with Crippen LogP contribution in [-0.4, -0.2) is 10.2 Å². The highest BCUT2D eigenvalue weighted by Gasteiger charge is 2.14. The van der Waals surface area contributed by atoms with E-state index in [1.54, 1.807) is 0 Å². The van der Waals surface area contributed by atoms with Crippen molar-refractivity contribution in [3.8, 4) is 11.1 Å². The molecule has 0 atom stereocenters. The van der Waals surface area contributed by atoms with Gasteiger partial charge in [0.2, 0.25) is 0 Å². The number of aromatic nitrogens is 2. The van der Waals surface area contributed by atoms with Crippen LogP contribution in [0.2, 0.25) is 5.02 Å². The largest absolute Gasteiger partial charge is 0.382 e. The first-order chi connectivity index (χ1) is 8.24. The van der Waals surface area contributed by atoms with Gasteiger partial charge in [-0.05, 0) is 18.9 Å². The molecule has 3 N–H and O–H groups in total. The van der Waals surface area contributed by atoms with Crippen molar-refractivity contribution in [2.24, 2.45) is 0 Å². The zero-order chi connectivity index (χ0) is 12.3. The number of hydrogen-bond acceptors (Lipinski definition) is 2. The second kappa shape index (κ2) is 5.23. The molecule has 0 saturated carbocycles. The fourth-order valence-corrected chi connectivity index (χ4v) is 2.12. The van der Waals surface area contributed by atoms with Crippen molar-refractivity contribution < 1.29 is 0 Å². The minimum atomic E-state index is 0.518. The van der Waals surface area contributed by atoms with Crippen molar-refractivity contribution in [3.05, 3.63) is 35.0 Å². The van der Waals surface area contributed by atoms with E-state index in [1.165, 1.54) is 0 Å². The van der Waals surface area contributed by atoms with Gasteiger partial charge in [-0.25, -0.2) is 0 Å². The number of rotatable bonds is 4. The van der Waals surface area contributed by atoms with Crippen LogP contribution in [0.15, 0.2) is 24.3 Å². The van der Waals surface area contributed by atoms with E-state index in [1.807, 2.05) is 24.3 Å². The van der Waals surface area contributed by atoms with E-state index in [-0.39, 0.29) is 0 Å². The molecular weight excluding hydrogens is 234 g/mol. The molecule has 2 rings (SSSR count). The molecule has 0 radical (unpaired) electrons. The van der Waals surface area contributed by atoms with Crippen molar-refractivity contribution in [1.29, 1.82) is 0 Å². The van der Waals surface area contributed by atoms with E-state index in [4.69, 9.17) is 17.3 Å². The molecule has 1 aromatic heterocycles. The summed E-state index contributed by atoms with van der Waals surface area (Å²) >= 11 is 6.20. The number of nitrogens with two attached hydrogens (primary N) is 1.